The number of fused-ring (bicyclic) bond motifs is 1. The number of hydrogen-bond acceptors (Lipinski definition) is 6. The molecule has 3 aromatic rings. The van der Waals surface area contributed by atoms with Crippen molar-refractivity contribution in [1.82, 2.24) is 29.5 Å². The Balaban J connectivity index is 1.54. The van der Waals surface area contributed by atoms with Gasteiger partial charge in [0.2, 0.25) is 0 Å². The van der Waals surface area contributed by atoms with Gasteiger partial charge >= 0.3 is 5.97 Å². The van der Waals surface area contributed by atoms with E-state index in [9.17, 15) is 14.3 Å². The van der Waals surface area contributed by atoms with Crippen molar-refractivity contribution in [1.29, 1.82) is 0 Å². The highest BCUT2D eigenvalue weighted by Gasteiger charge is 2.27. The van der Waals surface area contributed by atoms with Crippen molar-refractivity contribution in [3.8, 4) is 5.75 Å². The molecule has 1 unspecified atom stereocenters. The lowest BCUT2D eigenvalue weighted by atomic mass is 9.99. The molecule has 2 aromatic heterocycles. The van der Waals surface area contributed by atoms with Gasteiger partial charge in [-0.1, -0.05) is 6.07 Å². The minimum Gasteiger partial charge on any atom is -0.485 e. The van der Waals surface area contributed by atoms with E-state index in [0.29, 0.717) is 23.9 Å². The summed E-state index contributed by atoms with van der Waals surface area (Å²) >= 11 is 0. The van der Waals surface area contributed by atoms with Crippen LogP contribution < -0.4 is 4.74 Å². The van der Waals surface area contributed by atoms with Crippen molar-refractivity contribution in [2.45, 2.75) is 38.5 Å². The fraction of sp³-hybridized carbons (Fsp3) is 0.353. The van der Waals surface area contributed by atoms with E-state index in [1.54, 1.807) is 16.8 Å². The van der Waals surface area contributed by atoms with Crippen LogP contribution >= 0.6 is 0 Å². The van der Waals surface area contributed by atoms with E-state index in [-0.39, 0.29) is 19.1 Å². The topological polar surface area (TPSA) is 108 Å². The average molecular weight is 372 g/mol. The van der Waals surface area contributed by atoms with Gasteiger partial charge in [0.05, 0.1) is 6.54 Å². The molecule has 1 atom stereocenters. The standard InChI is InChI=1S/C17H17FN6O3/c18-12-2-1-3-13(6-12)27-9-14-21-17(24(22-14)8-16(25)26)11-4-5-15-19-10-20-23(15)7-11/h1-3,6,10-11H,4-5,7-9H2,(H,25,26). The van der Waals surface area contributed by atoms with Crippen molar-refractivity contribution >= 4 is 5.97 Å². The van der Waals surface area contributed by atoms with Crippen molar-refractivity contribution < 1.29 is 19.0 Å². The highest BCUT2D eigenvalue weighted by atomic mass is 19.1. The van der Waals surface area contributed by atoms with E-state index in [0.717, 1.165) is 18.7 Å². The SMILES string of the molecule is O=C(O)Cn1nc(COc2cccc(F)c2)nc1C1CCc2ncnn2C1. The Hall–Kier alpha value is -3.30. The zero-order valence-corrected chi connectivity index (χ0v) is 14.3. The summed E-state index contributed by atoms with van der Waals surface area (Å²) in [6, 6.07) is 5.77. The van der Waals surface area contributed by atoms with E-state index in [4.69, 9.17) is 4.74 Å². The molecule has 0 bridgehead atoms. The quantitative estimate of drug-likeness (QED) is 0.697. The largest absolute Gasteiger partial charge is 0.485 e. The molecule has 1 aliphatic rings. The molecule has 0 spiro atoms. The number of rotatable bonds is 6. The summed E-state index contributed by atoms with van der Waals surface area (Å²) in [7, 11) is 0. The van der Waals surface area contributed by atoms with Gasteiger partial charge in [0.15, 0.2) is 5.82 Å². The second-order valence-corrected chi connectivity index (χ2v) is 6.28. The Morgan fingerprint density at radius 1 is 1.41 bits per heavy atom. The summed E-state index contributed by atoms with van der Waals surface area (Å²) in [4.78, 5) is 19.9. The number of hydrogen-bond donors (Lipinski definition) is 1. The van der Waals surface area contributed by atoms with Crippen LogP contribution in [0.4, 0.5) is 4.39 Å². The number of nitrogens with zero attached hydrogens (tertiary/aromatic N) is 6. The third-order valence-electron chi connectivity index (χ3n) is 4.36. The Kier molecular flexibility index (Phi) is 4.53. The highest BCUT2D eigenvalue weighted by Crippen LogP contribution is 2.26. The molecule has 0 aliphatic carbocycles. The summed E-state index contributed by atoms with van der Waals surface area (Å²) < 4.78 is 22.0. The second-order valence-electron chi connectivity index (χ2n) is 6.28. The van der Waals surface area contributed by atoms with Gasteiger partial charge in [-0.15, -0.1) is 0 Å². The van der Waals surface area contributed by atoms with Crippen LogP contribution in [0.15, 0.2) is 30.6 Å². The fourth-order valence-electron chi connectivity index (χ4n) is 3.16. The van der Waals surface area contributed by atoms with Crippen LogP contribution in [-0.4, -0.2) is 40.6 Å². The van der Waals surface area contributed by atoms with Crippen LogP contribution in [-0.2, 0) is 30.9 Å². The Labute approximate surface area is 153 Å². The van der Waals surface area contributed by atoms with E-state index < -0.39 is 11.8 Å². The number of carboxylic acids is 1. The Morgan fingerprint density at radius 3 is 3.11 bits per heavy atom. The molecule has 9 nitrogen and oxygen atoms in total. The number of carboxylic acid groups (broad SMARTS) is 1. The molecule has 0 amide bonds. The maximum Gasteiger partial charge on any atom is 0.325 e. The third kappa shape index (κ3) is 3.78. The van der Waals surface area contributed by atoms with E-state index in [1.165, 1.54) is 23.1 Å². The lowest BCUT2D eigenvalue weighted by Gasteiger charge is -2.21. The van der Waals surface area contributed by atoms with Crippen molar-refractivity contribution in [2.24, 2.45) is 0 Å². The number of halogens is 1. The van der Waals surface area contributed by atoms with Crippen LogP contribution in [0.25, 0.3) is 0 Å². The van der Waals surface area contributed by atoms with Gasteiger partial charge < -0.3 is 9.84 Å². The third-order valence-corrected chi connectivity index (χ3v) is 4.36. The molecule has 4 rings (SSSR count). The molecule has 27 heavy (non-hydrogen) atoms. The molecule has 0 saturated carbocycles. The second kappa shape index (κ2) is 7.14. The monoisotopic (exact) mass is 372 g/mol. The first-order valence-electron chi connectivity index (χ1n) is 8.49. The van der Waals surface area contributed by atoms with Crippen LogP contribution in [0.2, 0.25) is 0 Å². The number of carbonyl (C=O) groups is 1. The maximum atomic E-state index is 13.2. The molecule has 0 radical (unpaired) electrons. The first-order chi connectivity index (χ1) is 13.1. The molecule has 1 N–H and O–H groups in total. The predicted octanol–water partition coefficient (Wildman–Crippen LogP) is 1.40. The summed E-state index contributed by atoms with van der Waals surface area (Å²) in [5, 5.41) is 17.6. The smallest absolute Gasteiger partial charge is 0.325 e. The van der Waals surface area contributed by atoms with Crippen molar-refractivity contribution in [2.75, 3.05) is 0 Å². The number of ether oxygens (including phenoxy) is 1. The predicted molar refractivity (Wildman–Crippen MR) is 89.5 cm³/mol. The van der Waals surface area contributed by atoms with Crippen LogP contribution in [0.1, 0.15) is 29.8 Å². The minimum atomic E-state index is -1.00. The molecule has 3 heterocycles. The zero-order valence-electron chi connectivity index (χ0n) is 14.3. The number of benzene rings is 1. The Morgan fingerprint density at radius 2 is 2.30 bits per heavy atom. The molecule has 1 aliphatic heterocycles. The van der Waals surface area contributed by atoms with Gasteiger partial charge in [0, 0.05) is 18.4 Å². The summed E-state index contributed by atoms with van der Waals surface area (Å²) in [5.41, 5.74) is 0. The van der Waals surface area contributed by atoms with Gasteiger partial charge in [0.25, 0.3) is 0 Å². The lowest BCUT2D eigenvalue weighted by molar-refractivity contribution is -0.138. The summed E-state index contributed by atoms with van der Waals surface area (Å²) in [5.74, 6) is 0.769. The average Bonchev–Trinajstić information content (AvgIpc) is 3.25. The van der Waals surface area contributed by atoms with E-state index >= 15 is 0 Å². The summed E-state index contributed by atoms with van der Waals surface area (Å²) in [6.07, 6.45) is 3.03. The van der Waals surface area contributed by atoms with Crippen molar-refractivity contribution in [3.63, 3.8) is 0 Å². The van der Waals surface area contributed by atoms with Gasteiger partial charge in [-0.2, -0.15) is 10.2 Å². The van der Waals surface area contributed by atoms with Crippen molar-refractivity contribution in [3.05, 3.63) is 53.9 Å². The number of aliphatic carboxylic acids is 1. The number of aromatic nitrogens is 6. The van der Waals surface area contributed by atoms with Crippen LogP contribution in [0.3, 0.4) is 0 Å². The van der Waals surface area contributed by atoms with Gasteiger partial charge in [-0.25, -0.2) is 23.7 Å². The highest BCUT2D eigenvalue weighted by molar-refractivity contribution is 5.66. The van der Waals surface area contributed by atoms with Gasteiger partial charge in [0.1, 0.15) is 42.7 Å². The lowest BCUT2D eigenvalue weighted by Crippen LogP contribution is -2.24. The minimum absolute atomic E-state index is 0.0182. The normalized spacial score (nSPS) is 16.1. The zero-order chi connectivity index (χ0) is 18.8. The van der Waals surface area contributed by atoms with E-state index in [2.05, 4.69) is 20.2 Å². The van der Waals surface area contributed by atoms with E-state index in [1.807, 2.05) is 0 Å². The van der Waals surface area contributed by atoms with Crippen LogP contribution in [0.5, 0.6) is 5.75 Å². The molecule has 140 valence electrons. The van der Waals surface area contributed by atoms with Crippen LogP contribution in [0, 0.1) is 5.82 Å². The maximum absolute atomic E-state index is 13.2. The fourth-order valence-corrected chi connectivity index (χ4v) is 3.16. The Bertz CT molecular complexity index is 969. The first kappa shape index (κ1) is 17.1. The van der Waals surface area contributed by atoms with Gasteiger partial charge in [-0.05, 0) is 18.6 Å². The molecular formula is C17H17FN6O3. The molecule has 1 aromatic carbocycles. The van der Waals surface area contributed by atoms with Gasteiger partial charge in [-0.3, -0.25) is 4.79 Å². The molecular weight excluding hydrogens is 355 g/mol. The molecule has 10 heteroatoms. The first-order valence-corrected chi connectivity index (χ1v) is 8.49. The molecule has 0 fully saturated rings. The number of aryl methyl sites for hydroxylation is 1. The summed E-state index contributed by atoms with van der Waals surface area (Å²) in [6.45, 7) is 0.297. The molecule has 0 saturated heterocycles.